The van der Waals surface area contributed by atoms with Crippen molar-refractivity contribution in [3.8, 4) is 5.75 Å². The maximum Gasteiger partial charge on any atom is 0.138 e. The van der Waals surface area contributed by atoms with Gasteiger partial charge in [0.25, 0.3) is 0 Å². The molecule has 0 saturated heterocycles. The van der Waals surface area contributed by atoms with Crippen LogP contribution in [0.4, 0.5) is 0 Å². The third kappa shape index (κ3) is 4.89. The van der Waals surface area contributed by atoms with Crippen molar-refractivity contribution in [2.75, 3.05) is 19.8 Å². The van der Waals surface area contributed by atoms with E-state index in [1.807, 2.05) is 0 Å². The Morgan fingerprint density at radius 1 is 1.35 bits per heavy atom. The van der Waals surface area contributed by atoms with Gasteiger partial charge >= 0.3 is 0 Å². The van der Waals surface area contributed by atoms with Crippen LogP contribution in [-0.2, 0) is 4.74 Å². The van der Waals surface area contributed by atoms with E-state index in [0.29, 0.717) is 29.0 Å². The molecule has 3 nitrogen and oxygen atoms in total. The van der Waals surface area contributed by atoms with Gasteiger partial charge in [-0.3, -0.25) is 0 Å². The van der Waals surface area contributed by atoms with Gasteiger partial charge in [-0.2, -0.15) is 0 Å². The summed E-state index contributed by atoms with van der Waals surface area (Å²) in [5.41, 5.74) is 6.24. The van der Waals surface area contributed by atoms with Crippen LogP contribution in [-0.4, -0.2) is 24.8 Å². The molecular weight excluding hydrogens is 258 g/mol. The van der Waals surface area contributed by atoms with Crippen LogP contribution in [0.5, 0.6) is 5.75 Å². The van der Waals surface area contributed by atoms with E-state index in [4.69, 9.17) is 39.0 Å². The van der Waals surface area contributed by atoms with Crippen LogP contribution in [0.2, 0.25) is 5.02 Å². The molecule has 94 valence electrons. The first-order valence-electron chi connectivity index (χ1n) is 5.45. The molecule has 0 aliphatic heterocycles. The standard InChI is InChI=1S/C12H16ClNO2S/c1-2-5-15-6-7-16-11-4-3-9(12(14)17)8-10(11)13/h3-4,8H,2,5-7H2,1H3,(H2,14,17). The number of hydrogen-bond donors (Lipinski definition) is 1. The van der Waals surface area contributed by atoms with Crippen LogP contribution in [0, 0.1) is 0 Å². The van der Waals surface area contributed by atoms with Crippen LogP contribution in [0.15, 0.2) is 18.2 Å². The molecule has 0 aliphatic rings. The molecule has 0 fully saturated rings. The van der Waals surface area contributed by atoms with Gasteiger partial charge in [-0.1, -0.05) is 30.7 Å². The van der Waals surface area contributed by atoms with Gasteiger partial charge < -0.3 is 15.2 Å². The Labute approximate surface area is 112 Å². The average molecular weight is 274 g/mol. The molecule has 5 heteroatoms. The molecular formula is C12H16ClNO2S. The Bertz CT molecular complexity index is 385. The summed E-state index contributed by atoms with van der Waals surface area (Å²) < 4.78 is 10.8. The number of thiocarbonyl (C=S) groups is 1. The monoisotopic (exact) mass is 273 g/mol. The van der Waals surface area contributed by atoms with Gasteiger partial charge in [0.1, 0.15) is 17.3 Å². The van der Waals surface area contributed by atoms with Gasteiger partial charge in [0.15, 0.2) is 0 Å². The summed E-state index contributed by atoms with van der Waals surface area (Å²) in [5, 5.41) is 0.505. The Morgan fingerprint density at radius 2 is 2.12 bits per heavy atom. The molecule has 0 spiro atoms. The van der Waals surface area contributed by atoms with Crippen molar-refractivity contribution < 1.29 is 9.47 Å². The second-order valence-corrected chi connectivity index (χ2v) is 4.32. The first-order valence-corrected chi connectivity index (χ1v) is 6.23. The number of hydrogen-bond acceptors (Lipinski definition) is 3. The fourth-order valence-electron chi connectivity index (χ4n) is 1.23. The summed E-state index contributed by atoms with van der Waals surface area (Å²) in [4.78, 5) is 0.324. The molecule has 0 saturated carbocycles. The van der Waals surface area contributed by atoms with Gasteiger partial charge in [-0.25, -0.2) is 0 Å². The van der Waals surface area contributed by atoms with E-state index in [1.165, 1.54) is 0 Å². The summed E-state index contributed by atoms with van der Waals surface area (Å²) in [6, 6.07) is 5.25. The molecule has 2 N–H and O–H groups in total. The average Bonchev–Trinajstić information content (AvgIpc) is 2.30. The summed E-state index contributed by atoms with van der Waals surface area (Å²) in [6.45, 7) is 3.84. The molecule has 0 amide bonds. The lowest BCUT2D eigenvalue weighted by molar-refractivity contribution is 0.101. The lowest BCUT2D eigenvalue weighted by Crippen LogP contribution is -2.10. The molecule has 1 aromatic carbocycles. The minimum atomic E-state index is 0.324. The van der Waals surface area contributed by atoms with Crippen LogP contribution in [0.25, 0.3) is 0 Å². The van der Waals surface area contributed by atoms with E-state index in [0.717, 1.165) is 18.6 Å². The number of nitrogens with two attached hydrogens (primary N) is 1. The molecule has 0 aliphatic carbocycles. The van der Waals surface area contributed by atoms with Crippen LogP contribution >= 0.6 is 23.8 Å². The van der Waals surface area contributed by atoms with Crippen molar-refractivity contribution in [1.82, 2.24) is 0 Å². The molecule has 1 rings (SSSR count). The molecule has 0 atom stereocenters. The van der Waals surface area contributed by atoms with Crippen LogP contribution < -0.4 is 10.5 Å². The van der Waals surface area contributed by atoms with E-state index in [9.17, 15) is 0 Å². The van der Waals surface area contributed by atoms with Gasteiger partial charge in [0.2, 0.25) is 0 Å². The zero-order chi connectivity index (χ0) is 12.7. The van der Waals surface area contributed by atoms with Gasteiger partial charge in [-0.05, 0) is 24.6 Å². The maximum atomic E-state index is 6.03. The summed E-state index contributed by atoms with van der Waals surface area (Å²) in [5.74, 6) is 0.617. The Hall–Kier alpha value is -0.840. The topological polar surface area (TPSA) is 44.5 Å². The van der Waals surface area contributed by atoms with E-state index in [1.54, 1.807) is 18.2 Å². The number of halogens is 1. The van der Waals surface area contributed by atoms with Crippen molar-refractivity contribution in [2.45, 2.75) is 13.3 Å². The molecule has 0 heterocycles. The smallest absolute Gasteiger partial charge is 0.138 e. The van der Waals surface area contributed by atoms with Crippen molar-refractivity contribution in [1.29, 1.82) is 0 Å². The fourth-order valence-corrected chi connectivity index (χ4v) is 1.59. The maximum absolute atomic E-state index is 6.03. The van der Waals surface area contributed by atoms with E-state index >= 15 is 0 Å². The van der Waals surface area contributed by atoms with E-state index in [2.05, 4.69) is 6.92 Å². The van der Waals surface area contributed by atoms with Crippen molar-refractivity contribution in [2.24, 2.45) is 5.73 Å². The van der Waals surface area contributed by atoms with Crippen molar-refractivity contribution in [3.63, 3.8) is 0 Å². The summed E-state index contributed by atoms with van der Waals surface area (Å²) in [7, 11) is 0. The predicted molar refractivity (Wildman–Crippen MR) is 73.9 cm³/mol. The highest BCUT2D eigenvalue weighted by atomic mass is 35.5. The van der Waals surface area contributed by atoms with Crippen molar-refractivity contribution in [3.05, 3.63) is 28.8 Å². The van der Waals surface area contributed by atoms with Crippen molar-refractivity contribution >= 4 is 28.8 Å². The van der Waals surface area contributed by atoms with E-state index in [-0.39, 0.29) is 0 Å². The Morgan fingerprint density at radius 3 is 2.71 bits per heavy atom. The Balaban J connectivity index is 2.46. The summed E-state index contributed by atoms with van der Waals surface area (Å²) >= 11 is 10.9. The summed E-state index contributed by atoms with van der Waals surface area (Å²) in [6.07, 6.45) is 1.00. The lowest BCUT2D eigenvalue weighted by atomic mass is 10.2. The van der Waals surface area contributed by atoms with Gasteiger partial charge in [-0.15, -0.1) is 0 Å². The number of ether oxygens (including phenoxy) is 2. The van der Waals surface area contributed by atoms with E-state index < -0.39 is 0 Å². The second kappa shape index (κ2) is 7.48. The van der Waals surface area contributed by atoms with Gasteiger partial charge in [0, 0.05) is 12.2 Å². The number of rotatable bonds is 7. The molecule has 0 unspecified atom stereocenters. The largest absolute Gasteiger partial charge is 0.490 e. The lowest BCUT2D eigenvalue weighted by Gasteiger charge is -2.09. The number of benzene rings is 1. The van der Waals surface area contributed by atoms with Gasteiger partial charge in [0.05, 0.1) is 11.6 Å². The minimum absolute atomic E-state index is 0.324. The first kappa shape index (κ1) is 14.2. The first-order chi connectivity index (χ1) is 8.15. The zero-order valence-electron chi connectivity index (χ0n) is 9.74. The zero-order valence-corrected chi connectivity index (χ0v) is 11.3. The predicted octanol–water partition coefficient (Wildman–Crippen LogP) is 2.78. The molecule has 0 radical (unpaired) electrons. The highest BCUT2D eigenvalue weighted by Gasteiger charge is 2.04. The second-order valence-electron chi connectivity index (χ2n) is 3.47. The SMILES string of the molecule is CCCOCCOc1ccc(C(N)=S)cc1Cl. The quantitative estimate of drug-likeness (QED) is 0.613. The van der Waals surface area contributed by atoms with Crippen LogP contribution in [0.3, 0.4) is 0 Å². The normalized spacial score (nSPS) is 10.2. The highest BCUT2D eigenvalue weighted by molar-refractivity contribution is 7.80. The Kier molecular flexibility index (Phi) is 6.26. The molecule has 0 bridgehead atoms. The fraction of sp³-hybridized carbons (Fsp3) is 0.417. The molecule has 1 aromatic rings. The molecule has 17 heavy (non-hydrogen) atoms. The molecule has 0 aromatic heterocycles. The van der Waals surface area contributed by atoms with Crippen LogP contribution in [0.1, 0.15) is 18.9 Å². The highest BCUT2D eigenvalue weighted by Crippen LogP contribution is 2.25. The third-order valence-corrected chi connectivity index (χ3v) is 2.58. The minimum Gasteiger partial charge on any atom is -0.490 e. The third-order valence-electron chi connectivity index (χ3n) is 2.05.